The van der Waals surface area contributed by atoms with E-state index in [0.717, 1.165) is 6.54 Å². The molecular weight excluding hydrogens is 207 g/mol. The van der Waals surface area contributed by atoms with Crippen LogP contribution in [0.1, 0.15) is 22.3 Å². The molecule has 0 atom stereocenters. The van der Waals surface area contributed by atoms with E-state index < -0.39 is 11.7 Å². The number of benzene rings is 1. The molecule has 0 aromatic heterocycles. The van der Waals surface area contributed by atoms with E-state index in [1.807, 2.05) is 7.05 Å². The molecule has 0 bridgehead atoms. The summed E-state index contributed by atoms with van der Waals surface area (Å²) in [6.45, 7) is 0.744. The number of hydrogen-bond acceptors (Lipinski definition) is 2. The second-order valence-corrected chi connectivity index (χ2v) is 3.21. The van der Waals surface area contributed by atoms with Crippen LogP contribution in [-0.4, -0.2) is 19.5 Å². The van der Waals surface area contributed by atoms with Crippen LogP contribution in [0.5, 0.6) is 0 Å². The molecule has 16 heavy (non-hydrogen) atoms. The second-order valence-electron chi connectivity index (χ2n) is 3.21. The van der Waals surface area contributed by atoms with Gasteiger partial charge in [-0.25, -0.2) is 4.39 Å². The first-order valence-electron chi connectivity index (χ1n) is 4.88. The molecule has 0 radical (unpaired) electrons. The maximum absolute atomic E-state index is 13.0. The molecule has 4 heteroatoms. The van der Waals surface area contributed by atoms with Gasteiger partial charge in [0, 0.05) is 18.5 Å². The maximum atomic E-state index is 13.0. The van der Waals surface area contributed by atoms with Gasteiger partial charge in [0.05, 0.1) is 5.56 Å². The quantitative estimate of drug-likeness (QED) is 0.587. The lowest BCUT2D eigenvalue weighted by Crippen LogP contribution is -2.13. The topological polar surface area (TPSA) is 55.1 Å². The summed E-state index contributed by atoms with van der Waals surface area (Å²) in [6.07, 6.45) is 0.630. The average molecular weight is 220 g/mol. The van der Waals surface area contributed by atoms with E-state index in [2.05, 4.69) is 17.2 Å². The molecule has 84 valence electrons. The fourth-order valence-corrected chi connectivity index (χ4v) is 1.18. The SMILES string of the molecule is CNCCC#Cc1cc(F)ccc1C(N)=O. The molecule has 3 N–H and O–H groups in total. The zero-order valence-electron chi connectivity index (χ0n) is 9.01. The Bertz CT molecular complexity index is 446. The van der Waals surface area contributed by atoms with Crippen molar-refractivity contribution in [1.82, 2.24) is 5.32 Å². The zero-order chi connectivity index (χ0) is 12.0. The maximum Gasteiger partial charge on any atom is 0.249 e. The van der Waals surface area contributed by atoms with Gasteiger partial charge in [0.15, 0.2) is 0 Å². The Morgan fingerprint density at radius 3 is 2.94 bits per heavy atom. The van der Waals surface area contributed by atoms with Crippen molar-refractivity contribution in [3.05, 3.63) is 35.1 Å². The molecule has 0 unspecified atom stereocenters. The number of rotatable bonds is 3. The third-order valence-electron chi connectivity index (χ3n) is 1.97. The number of nitrogens with two attached hydrogens (primary N) is 1. The molecule has 1 aromatic rings. The molecule has 1 amide bonds. The summed E-state index contributed by atoms with van der Waals surface area (Å²) in [5, 5.41) is 2.93. The Hall–Kier alpha value is -1.86. The highest BCUT2D eigenvalue weighted by Gasteiger charge is 2.06. The monoisotopic (exact) mass is 220 g/mol. The molecule has 3 nitrogen and oxygen atoms in total. The van der Waals surface area contributed by atoms with E-state index in [0.29, 0.717) is 12.0 Å². The van der Waals surface area contributed by atoms with Gasteiger partial charge in [-0.1, -0.05) is 11.8 Å². The van der Waals surface area contributed by atoms with E-state index in [1.54, 1.807) is 0 Å². The summed E-state index contributed by atoms with van der Waals surface area (Å²) in [5.74, 6) is 4.55. The second kappa shape index (κ2) is 5.89. The third kappa shape index (κ3) is 3.37. The fourth-order valence-electron chi connectivity index (χ4n) is 1.18. The molecule has 0 aliphatic heterocycles. The van der Waals surface area contributed by atoms with Crippen molar-refractivity contribution in [2.45, 2.75) is 6.42 Å². The Kier molecular flexibility index (Phi) is 4.49. The van der Waals surface area contributed by atoms with Crippen molar-refractivity contribution in [2.75, 3.05) is 13.6 Å². The molecule has 0 heterocycles. The lowest BCUT2D eigenvalue weighted by Gasteiger charge is -1.99. The van der Waals surface area contributed by atoms with Gasteiger partial charge in [-0.3, -0.25) is 4.79 Å². The molecule has 0 fully saturated rings. The van der Waals surface area contributed by atoms with Crippen LogP contribution in [0.2, 0.25) is 0 Å². The first-order chi connectivity index (χ1) is 7.65. The number of hydrogen-bond donors (Lipinski definition) is 2. The normalized spacial score (nSPS) is 9.38. The van der Waals surface area contributed by atoms with Crippen LogP contribution < -0.4 is 11.1 Å². The lowest BCUT2D eigenvalue weighted by molar-refractivity contribution is 0.1000. The average Bonchev–Trinajstić information content (AvgIpc) is 2.24. The molecule has 0 saturated heterocycles. The summed E-state index contributed by atoms with van der Waals surface area (Å²) in [7, 11) is 1.82. The Morgan fingerprint density at radius 2 is 2.31 bits per heavy atom. The summed E-state index contributed by atoms with van der Waals surface area (Å²) >= 11 is 0. The minimum atomic E-state index is -0.599. The predicted molar refractivity (Wildman–Crippen MR) is 60.3 cm³/mol. The molecule has 1 aromatic carbocycles. The Balaban J connectivity index is 2.95. The van der Waals surface area contributed by atoms with Crippen LogP contribution in [0.25, 0.3) is 0 Å². The van der Waals surface area contributed by atoms with Crippen molar-refractivity contribution >= 4 is 5.91 Å². The Labute approximate surface area is 93.8 Å². The van der Waals surface area contributed by atoms with Gasteiger partial charge in [-0.15, -0.1) is 0 Å². The summed E-state index contributed by atoms with van der Waals surface area (Å²) in [6, 6.07) is 3.76. The highest BCUT2D eigenvalue weighted by Crippen LogP contribution is 2.09. The largest absolute Gasteiger partial charge is 0.366 e. The van der Waals surface area contributed by atoms with Gasteiger partial charge in [-0.05, 0) is 25.2 Å². The minimum absolute atomic E-state index is 0.248. The van der Waals surface area contributed by atoms with Crippen molar-refractivity contribution < 1.29 is 9.18 Å². The van der Waals surface area contributed by atoms with Crippen LogP contribution in [-0.2, 0) is 0 Å². The van der Waals surface area contributed by atoms with Crippen molar-refractivity contribution in [3.63, 3.8) is 0 Å². The predicted octanol–water partition coefficient (Wildman–Crippen LogP) is 0.886. The van der Waals surface area contributed by atoms with Crippen molar-refractivity contribution in [2.24, 2.45) is 5.73 Å². The fraction of sp³-hybridized carbons (Fsp3) is 0.250. The summed E-state index contributed by atoms with van der Waals surface area (Å²) in [5.41, 5.74) is 5.74. The van der Waals surface area contributed by atoms with Crippen LogP contribution in [0.3, 0.4) is 0 Å². The molecule has 0 saturated carbocycles. The minimum Gasteiger partial charge on any atom is -0.366 e. The smallest absolute Gasteiger partial charge is 0.249 e. The van der Waals surface area contributed by atoms with Crippen molar-refractivity contribution in [1.29, 1.82) is 0 Å². The van der Waals surface area contributed by atoms with E-state index in [9.17, 15) is 9.18 Å². The highest BCUT2D eigenvalue weighted by molar-refractivity contribution is 5.95. The van der Waals surface area contributed by atoms with Gasteiger partial charge >= 0.3 is 0 Å². The number of nitrogens with one attached hydrogen (secondary N) is 1. The summed E-state index contributed by atoms with van der Waals surface area (Å²) in [4.78, 5) is 11.0. The molecule has 0 aliphatic rings. The van der Waals surface area contributed by atoms with E-state index >= 15 is 0 Å². The van der Waals surface area contributed by atoms with Gasteiger partial charge in [-0.2, -0.15) is 0 Å². The first-order valence-corrected chi connectivity index (χ1v) is 4.88. The molecular formula is C12H13FN2O. The molecule has 0 aliphatic carbocycles. The Morgan fingerprint density at radius 1 is 1.56 bits per heavy atom. The van der Waals surface area contributed by atoms with E-state index in [4.69, 9.17) is 5.73 Å². The number of halogens is 1. The number of primary amides is 1. The van der Waals surface area contributed by atoms with Gasteiger partial charge in [0.1, 0.15) is 5.82 Å². The number of carbonyl (C=O) groups is 1. The van der Waals surface area contributed by atoms with Gasteiger partial charge in [0.25, 0.3) is 0 Å². The van der Waals surface area contributed by atoms with Crippen molar-refractivity contribution in [3.8, 4) is 11.8 Å². The number of amides is 1. The molecule has 0 spiro atoms. The van der Waals surface area contributed by atoms with Crippen LogP contribution in [0, 0.1) is 17.7 Å². The van der Waals surface area contributed by atoms with Crippen LogP contribution >= 0.6 is 0 Å². The third-order valence-corrected chi connectivity index (χ3v) is 1.97. The van der Waals surface area contributed by atoms with Gasteiger partial charge in [0.2, 0.25) is 5.91 Å². The standard InChI is InChI=1S/C12H13FN2O/c1-15-7-3-2-4-9-8-10(13)5-6-11(9)12(14)16/h5-6,8,15H,3,7H2,1H3,(H2,14,16). The lowest BCUT2D eigenvalue weighted by atomic mass is 10.1. The van der Waals surface area contributed by atoms with Crippen LogP contribution in [0.15, 0.2) is 18.2 Å². The van der Waals surface area contributed by atoms with E-state index in [-0.39, 0.29) is 5.56 Å². The zero-order valence-corrected chi connectivity index (χ0v) is 9.01. The molecule has 1 rings (SSSR count). The van der Waals surface area contributed by atoms with Gasteiger partial charge < -0.3 is 11.1 Å². The van der Waals surface area contributed by atoms with Crippen LogP contribution in [0.4, 0.5) is 4.39 Å². The first kappa shape index (κ1) is 12.2. The van der Waals surface area contributed by atoms with E-state index in [1.165, 1.54) is 18.2 Å². The summed E-state index contributed by atoms with van der Waals surface area (Å²) < 4.78 is 13.0. The highest BCUT2D eigenvalue weighted by atomic mass is 19.1. The number of carbonyl (C=O) groups excluding carboxylic acids is 1.